The number of carbonyl (C=O) groups excluding carboxylic acids is 2. The van der Waals surface area contributed by atoms with E-state index in [9.17, 15) is 9.59 Å². The number of rotatable bonds is 3. The van der Waals surface area contributed by atoms with E-state index in [1.165, 1.54) is 13.3 Å². The number of nitrogens with one attached hydrogen (secondary N) is 1. The summed E-state index contributed by atoms with van der Waals surface area (Å²) in [7, 11) is 1.29. The fourth-order valence-corrected chi connectivity index (χ4v) is 2.69. The number of hydrogen-bond acceptors (Lipinski definition) is 6. The highest BCUT2D eigenvalue weighted by molar-refractivity contribution is 9.10. The van der Waals surface area contributed by atoms with Crippen molar-refractivity contribution in [2.45, 2.75) is 32.4 Å². The Morgan fingerprint density at radius 1 is 1.42 bits per heavy atom. The lowest BCUT2D eigenvalue weighted by atomic mass is 10.1. The van der Waals surface area contributed by atoms with Gasteiger partial charge in [0.1, 0.15) is 16.3 Å². The zero-order valence-electron chi connectivity index (χ0n) is 13.9. The third-order valence-corrected chi connectivity index (χ3v) is 4.55. The number of aromatic nitrogens is 1. The van der Waals surface area contributed by atoms with E-state index in [1.807, 2.05) is 20.8 Å². The molecule has 9 heteroatoms. The fourth-order valence-electron chi connectivity index (χ4n) is 2.12. The van der Waals surface area contributed by atoms with Gasteiger partial charge in [-0.2, -0.15) is 0 Å². The number of halogens is 2. The summed E-state index contributed by atoms with van der Waals surface area (Å²) in [5.74, 6) is -0.523. The van der Waals surface area contributed by atoms with E-state index < -0.39 is 11.6 Å². The van der Waals surface area contributed by atoms with Crippen LogP contribution in [-0.2, 0) is 9.47 Å². The van der Waals surface area contributed by atoms with Crippen LogP contribution in [0, 0.1) is 0 Å². The summed E-state index contributed by atoms with van der Waals surface area (Å²) in [4.78, 5) is 29.3. The molecule has 7 nitrogen and oxygen atoms in total. The predicted octanol–water partition coefficient (Wildman–Crippen LogP) is 3.32. The fraction of sp³-hybridized carbons (Fsp3) is 0.533. The Bertz CT molecular complexity index is 657. The van der Waals surface area contributed by atoms with Crippen LogP contribution in [0.3, 0.4) is 0 Å². The molecule has 1 aliphatic heterocycles. The number of anilines is 1. The first-order valence-electron chi connectivity index (χ1n) is 7.29. The highest BCUT2D eigenvalue weighted by Crippen LogP contribution is 2.33. The van der Waals surface area contributed by atoms with E-state index in [0.29, 0.717) is 23.2 Å². The van der Waals surface area contributed by atoms with Gasteiger partial charge in [0.15, 0.2) is 0 Å². The van der Waals surface area contributed by atoms with E-state index >= 15 is 0 Å². The molecule has 0 aromatic carbocycles. The molecule has 0 spiro atoms. The van der Waals surface area contributed by atoms with Gasteiger partial charge in [-0.3, -0.25) is 0 Å². The molecule has 1 aliphatic rings. The van der Waals surface area contributed by atoms with Crippen LogP contribution < -0.4 is 5.32 Å². The number of ether oxygens (including phenoxy) is 2. The van der Waals surface area contributed by atoms with Gasteiger partial charge < -0.3 is 19.7 Å². The summed E-state index contributed by atoms with van der Waals surface area (Å²) in [6.07, 6.45) is 0.992. The molecule has 1 aromatic rings. The molecule has 2 rings (SSSR count). The van der Waals surface area contributed by atoms with E-state index in [0.717, 1.165) is 0 Å². The number of pyridine rings is 1. The summed E-state index contributed by atoms with van der Waals surface area (Å²) in [6, 6.07) is -0.0318. The quantitative estimate of drug-likeness (QED) is 0.597. The number of esters is 1. The topological polar surface area (TPSA) is 80.8 Å². The van der Waals surface area contributed by atoms with E-state index in [4.69, 9.17) is 21.1 Å². The molecule has 24 heavy (non-hydrogen) atoms. The minimum Gasteiger partial charge on any atom is -0.465 e. The minimum atomic E-state index is -0.532. The van der Waals surface area contributed by atoms with Crippen LogP contribution in [0.1, 0.15) is 31.1 Å². The second-order valence-electron chi connectivity index (χ2n) is 6.37. The Kier molecular flexibility index (Phi) is 5.59. The first-order chi connectivity index (χ1) is 11.1. The molecule has 1 amide bonds. The first-order valence-corrected chi connectivity index (χ1v) is 8.46. The van der Waals surface area contributed by atoms with Crippen LogP contribution >= 0.6 is 27.5 Å². The maximum absolute atomic E-state index is 11.9. The van der Waals surface area contributed by atoms with Crippen molar-refractivity contribution in [1.82, 2.24) is 9.88 Å². The van der Waals surface area contributed by atoms with Crippen LogP contribution in [0.15, 0.2) is 10.7 Å². The van der Waals surface area contributed by atoms with Crippen molar-refractivity contribution < 1.29 is 19.1 Å². The lowest BCUT2D eigenvalue weighted by molar-refractivity contribution is 0.0104. The average Bonchev–Trinajstić information content (AvgIpc) is 2.43. The lowest BCUT2D eigenvalue weighted by Gasteiger charge is -2.40. The van der Waals surface area contributed by atoms with Gasteiger partial charge in [0.25, 0.3) is 0 Å². The summed E-state index contributed by atoms with van der Waals surface area (Å²) in [6.45, 7) is 6.38. The zero-order valence-corrected chi connectivity index (χ0v) is 16.2. The van der Waals surface area contributed by atoms with Gasteiger partial charge in [0.2, 0.25) is 0 Å². The Hall–Kier alpha value is -1.54. The van der Waals surface area contributed by atoms with Crippen LogP contribution in [0.5, 0.6) is 0 Å². The van der Waals surface area contributed by atoms with Crippen molar-refractivity contribution in [3.05, 3.63) is 21.4 Å². The molecular weight excluding hydrogens is 402 g/mol. The lowest BCUT2D eigenvalue weighted by Crippen LogP contribution is -2.58. The van der Waals surface area contributed by atoms with Gasteiger partial charge in [0.05, 0.1) is 23.3 Å². The maximum Gasteiger partial charge on any atom is 0.410 e. The SMILES string of the molecule is COC(=O)c1cnc(Cl)c(Br)c1NC1CN(C(=O)OC(C)(C)C)C1. The van der Waals surface area contributed by atoms with Crippen LogP contribution in [0.4, 0.5) is 10.5 Å². The highest BCUT2D eigenvalue weighted by Gasteiger charge is 2.34. The molecule has 0 unspecified atom stereocenters. The molecule has 0 aliphatic carbocycles. The van der Waals surface area contributed by atoms with E-state index in [2.05, 4.69) is 26.2 Å². The smallest absolute Gasteiger partial charge is 0.410 e. The Morgan fingerprint density at radius 3 is 2.58 bits per heavy atom. The zero-order chi connectivity index (χ0) is 18.1. The number of carbonyl (C=O) groups is 2. The largest absolute Gasteiger partial charge is 0.465 e. The van der Waals surface area contributed by atoms with Crippen molar-refractivity contribution in [1.29, 1.82) is 0 Å². The summed E-state index contributed by atoms with van der Waals surface area (Å²) >= 11 is 9.32. The van der Waals surface area contributed by atoms with Crippen molar-refractivity contribution >= 4 is 45.3 Å². The standard InChI is InChI=1S/C15H19BrClN3O4/c1-15(2,3)24-14(22)20-6-8(7-20)19-11-9(13(21)23-4)5-18-12(17)10(11)16/h5,8H,6-7H2,1-4H3,(H,18,19). The third kappa shape index (κ3) is 4.30. The van der Waals surface area contributed by atoms with Gasteiger partial charge in [-0.25, -0.2) is 14.6 Å². The molecule has 0 atom stereocenters. The summed E-state index contributed by atoms with van der Waals surface area (Å²) in [5.41, 5.74) is 0.232. The second-order valence-corrected chi connectivity index (χ2v) is 7.52. The predicted molar refractivity (Wildman–Crippen MR) is 93.5 cm³/mol. The number of amides is 1. The normalized spacial score (nSPS) is 14.8. The van der Waals surface area contributed by atoms with Crippen molar-refractivity contribution in [3.63, 3.8) is 0 Å². The molecular formula is C15H19BrClN3O4. The maximum atomic E-state index is 11.9. The van der Waals surface area contributed by atoms with Gasteiger partial charge in [0, 0.05) is 19.3 Å². The molecule has 2 heterocycles. The van der Waals surface area contributed by atoms with Gasteiger partial charge in [-0.15, -0.1) is 0 Å². The second kappa shape index (κ2) is 7.14. The third-order valence-electron chi connectivity index (χ3n) is 3.26. The van der Waals surface area contributed by atoms with Gasteiger partial charge >= 0.3 is 12.1 Å². The van der Waals surface area contributed by atoms with Crippen molar-refractivity contribution in [2.24, 2.45) is 0 Å². The molecule has 0 bridgehead atoms. The molecule has 132 valence electrons. The molecule has 0 saturated carbocycles. The van der Waals surface area contributed by atoms with E-state index in [1.54, 1.807) is 4.90 Å². The first kappa shape index (κ1) is 18.8. The van der Waals surface area contributed by atoms with Crippen LogP contribution in [-0.4, -0.2) is 53.8 Å². The van der Waals surface area contributed by atoms with Crippen LogP contribution in [0.2, 0.25) is 5.15 Å². The molecule has 1 aromatic heterocycles. The summed E-state index contributed by atoms with van der Waals surface area (Å²) < 4.78 is 10.5. The minimum absolute atomic E-state index is 0.0318. The highest BCUT2D eigenvalue weighted by atomic mass is 79.9. The van der Waals surface area contributed by atoms with Crippen LogP contribution in [0.25, 0.3) is 0 Å². The molecule has 1 saturated heterocycles. The molecule has 1 fully saturated rings. The van der Waals surface area contributed by atoms with Gasteiger partial charge in [-0.1, -0.05) is 11.6 Å². The molecule has 0 radical (unpaired) electrons. The van der Waals surface area contributed by atoms with Gasteiger partial charge in [-0.05, 0) is 36.7 Å². The number of likely N-dealkylation sites (tertiary alicyclic amines) is 1. The number of nitrogens with zero attached hydrogens (tertiary/aromatic N) is 2. The Labute approximate surface area is 153 Å². The number of hydrogen-bond donors (Lipinski definition) is 1. The Morgan fingerprint density at radius 2 is 2.04 bits per heavy atom. The van der Waals surface area contributed by atoms with Crippen molar-refractivity contribution in [3.8, 4) is 0 Å². The number of methoxy groups -OCH3 is 1. The van der Waals surface area contributed by atoms with E-state index in [-0.39, 0.29) is 22.9 Å². The summed E-state index contributed by atoms with van der Waals surface area (Å²) in [5, 5.41) is 3.43. The average molecular weight is 421 g/mol. The Balaban J connectivity index is 2.05. The van der Waals surface area contributed by atoms with Crippen molar-refractivity contribution in [2.75, 3.05) is 25.5 Å². The molecule has 1 N–H and O–H groups in total. The monoisotopic (exact) mass is 419 g/mol.